The third-order valence-corrected chi connectivity index (χ3v) is 15.5. The summed E-state index contributed by atoms with van der Waals surface area (Å²) in [5, 5.41) is 19.2. The van der Waals surface area contributed by atoms with E-state index in [-0.39, 0.29) is 19.6 Å². The van der Waals surface area contributed by atoms with Crippen LogP contribution >= 0.6 is 0 Å². The minimum Gasteiger partial charge on any atom is -0.465 e. The minimum absolute atomic E-state index is 0.00477. The Kier molecular flexibility index (Phi) is 50.3. The highest BCUT2D eigenvalue weighted by Crippen LogP contribution is 2.25. The van der Waals surface area contributed by atoms with Gasteiger partial charge in [0.15, 0.2) is 0 Å². The number of allylic oxidation sites excluding steroid dienone is 2. The quantitative estimate of drug-likeness (QED) is 0.0358. The molecule has 0 saturated carbocycles. The van der Waals surface area contributed by atoms with Crippen LogP contribution in [0, 0.1) is 11.3 Å². The van der Waals surface area contributed by atoms with E-state index in [1.54, 1.807) is 0 Å². The Morgan fingerprint density at radius 1 is 0.377 bits per heavy atom. The Labute approximate surface area is 430 Å². The summed E-state index contributed by atoms with van der Waals surface area (Å²) >= 11 is 0. The molecule has 1 saturated heterocycles. The van der Waals surface area contributed by atoms with Crippen molar-refractivity contribution in [1.29, 1.82) is 0 Å². The van der Waals surface area contributed by atoms with E-state index in [2.05, 4.69) is 19.1 Å². The molecule has 408 valence electrons. The first-order valence-corrected chi connectivity index (χ1v) is 31.3. The SMILES string of the molecule is CCCCCCCCCCCCCCCCCCCC/C=C/CCCCCCCCCCCCCCCCCCCCCCCCCCCCCCCCC1CC(=O)OCC(CO)(CO)COC1=O. The maximum absolute atomic E-state index is 12.5. The molecule has 0 aromatic heterocycles. The number of unbranched alkanes of at least 4 members (excludes halogenated alkanes) is 48. The molecule has 1 heterocycles. The topological polar surface area (TPSA) is 93.1 Å². The van der Waals surface area contributed by atoms with Crippen LogP contribution in [0.4, 0.5) is 0 Å². The average molecular weight is 974 g/mol. The van der Waals surface area contributed by atoms with Crippen molar-refractivity contribution in [3.05, 3.63) is 12.2 Å². The van der Waals surface area contributed by atoms with Gasteiger partial charge in [-0.1, -0.05) is 314 Å². The van der Waals surface area contributed by atoms with Crippen LogP contribution in [0.15, 0.2) is 12.2 Å². The molecule has 0 aliphatic carbocycles. The van der Waals surface area contributed by atoms with E-state index in [9.17, 15) is 19.8 Å². The van der Waals surface area contributed by atoms with Crippen molar-refractivity contribution in [3.63, 3.8) is 0 Å². The molecule has 2 N–H and O–H groups in total. The van der Waals surface area contributed by atoms with Crippen LogP contribution in [-0.2, 0) is 19.1 Å². The molecule has 0 bridgehead atoms. The second-order valence-corrected chi connectivity index (χ2v) is 22.4. The van der Waals surface area contributed by atoms with E-state index >= 15 is 0 Å². The van der Waals surface area contributed by atoms with Crippen LogP contribution in [0.5, 0.6) is 0 Å². The van der Waals surface area contributed by atoms with Gasteiger partial charge in [0, 0.05) is 0 Å². The predicted molar refractivity (Wildman–Crippen MR) is 297 cm³/mol. The number of hydrogen-bond acceptors (Lipinski definition) is 6. The normalized spacial score (nSPS) is 15.4. The third-order valence-electron chi connectivity index (χ3n) is 15.5. The zero-order valence-corrected chi connectivity index (χ0v) is 46.4. The molecule has 0 aromatic carbocycles. The molecule has 1 unspecified atom stereocenters. The Hall–Kier alpha value is -1.40. The lowest BCUT2D eigenvalue weighted by atomic mass is 9.92. The van der Waals surface area contributed by atoms with Gasteiger partial charge in [-0.2, -0.15) is 0 Å². The minimum atomic E-state index is -1.12. The number of hydrogen-bond donors (Lipinski definition) is 2. The fraction of sp³-hybridized carbons (Fsp3) is 0.937. The van der Waals surface area contributed by atoms with Gasteiger partial charge in [-0.05, 0) is 32.1 Å². The summed E-state index contributed by atoms with van der Waals surface area (Å²) in [6.45, 7) is 1.21. The smallest absolute Gasteiger partial charge is 0.309 e. The number of aliphatic hydroxyl groups excluding tert-OH is 2. The molecule has 1 rings (SSSR count). The van der Waals surface area contributed by atoms with Crippen LogP contribution in [0.2, 0.25) is 0 Å². The van der Waals surface area contributed by atoms with Gasteiger partial charge >= 0.3 is 11.9 Å². The maximum atomic E-state index is 12.5. The highest BCUT2D eigenvalue weighted by atomic mass is 16.6. The van der Waals surface area contributed by atoms with Gasteiger partial charge in [-0.25, -0.2) is 0 Å². The van der Waals surface area contributed by atoms with Crippen molar-refractivity contribution in [3.8, 4) is 0 Å². The second-order valence-electron chi connectivity index (χ2n) is 22.4. The van der Waals surface area contributed by atoms with Crippen LogP contribution in [0.25, 0.3) is 0 Å². The van der Waals surface area contributed by atoms with E-state index in [4.69, 9.17) is 9.47 Å². The van der Waals surface area contributed by atoms with E-state index < -0.39 is 36.5 Å². The summed E-state index contributed by atoms with van der Waals surface area (Å²) in [5.41, 5.74) is -1.12. The van der Waals surface area contributed by atoms with Gasteiger partial charge in [-0.3, -0.25) is 9.59 Å². The molecule has 0 amide bonds. The molecular formula is C63H120O6. The maximum Gasteiger partial charge on any atom is 0.309 e. The largest absolute Gasteiger partial charge is 0.465 e. The Morgan fingerprint density at radius 2 is 0.623 bits per heavy atom. The lowest BCUT2D eigenvalue weighted by Crippen LogP contribution is -2.40. The van der Waals surface area contributed by atoms with Crippen molar-refractivity contribution in [2.75, 3.05) is 26.4 Å². The third kappa shape index (κ3) is 45.0. The first-order chi connectivity index (χ1) is 34.1. The Balaban J connectivity index is 1.69. The van der Waals surface area contributed by atoms with E-state index in [0.717, 1.165) is 19.3 Å². The number of cyclic esters (lactones) is 2. The average Bonchev–Trinajstić information content (AvgIpc) is 3.41. The monoisotopic (exact) mass is 973 g/mol. The van der Waals surface area contributed by atoms with Crippen molar-refractivity contribution >= 4 is 11.9 Å². The molecule has 69 heavy (non-hydrogen) atoms. The Bertz CT molecular complexity index is 1090. The zero-order chi connectivity index (χ0) is 49.7. The summed E-state index contributed by atoms with van der Waals surface area (Å²) in [6.07, 6.45) is 75.7. The number of aliphatic hydroxyl groups is 2. The van der Waals surface area contributed by atoms with Crippen molar-refractivity contribution < 1.29 is 29.3 Å². The van der Waals surface area contributed by atoms with E-state index in [0.29, 0.717) is 6.42 Å². The second kappa shape index (κ2) is 52.9. The fourth-order valence-corrected chi connectivity index (χ4v) is 10.4. The van der Waals surface area contributed by atoms with E-state index in [1.165, 1.54) is 302 Å². The number of ether oxygens (including phenoxy) is 2. The fourth-order valence-electron chi connectivity index (χ4n) is 10.4. The molecule has 1 aliphatic rings. The number of carbonyl (C=O) groups is 2. The molecular weight excluding hydrogens is 853 g/mol. The summed E-state index contributed by atoms with van der Waals surface area (Å²) < 4.78 is 10.6. The lowest BCUT2D eigenvalue weighted by molar-refractivity contribution is -0.155. The first kappa shape index (κ1) is 65.6. The summed E-state index contributed by atoms with van der Waals surface area (Å²) in [5.74, 6) is -1.40. The molecule has 1 atom stereocenters. The number of carbonyl (C=O) groups excluding carboxylic acids is 2. The lowest BCUT2D eigenvalue weighted by Gasteiger charge is -2.27. The highest BCUT2D eigenvalue weighted by molar-refractivity contribution is 5.80. The first-order valence-electron chi connectivity index (χ1n) is 31.3. The van der Waals surface area contributed by atoms with Crippen molar-refractivity contribution in [2.24, 2.45) is 11.3 Å². The predicted octanol–water partition coefficient (Wildman–Crippen LogP) is 19.5. The van der Waals surface area contributed by atoms with Gasteiger partial charge in [0.25, 0.3) is 0 Å². The summed E-state index contributed by atoms with van der Waals surface area (Å²) in [6, 6.07) is 0. The number of esters is 2. The zero-order valence-electron chi connectivity index (χ0n) is 46.4. The van der Waals surface area contributed by atoms with Crippen LogP contribution < -0.4 is 0 Å². The van der Waals surface area contributed by atoms with Gasteiger partial charge in [-0.15, -0.1) is 0 Å². The number of rotatable bonds is 54. The van der Waals surface area contributed by atoms with Crippen molar-refractivity contribution in [1.82, 2.24) is 0 Å². The highest BCUT2D eigenvalue weighted by Gasteiger charge is 2.36. The Morgan fingerprint density at radius 3 is 0.899 bits per heavy atom. The van der Waals surface area contributed by atoms with Gasteiger partial charge in [0.2, 0.25) is 0 Å². The standard InChI is InChI=1S/C63H120O6/c1-2-3-4-5-6-7-8-9-10-11-12-13-14-15-16-17-18-19-20-21-22-23-24-25-26-27-28-29-30-31-32-33-34-35-36-37-38-39-40-41-42-43-44-45-46-47-48-49-50-51-52-53-54-60-55-61(66)68-58-63(56-64,57-65)59-69-62(60)67/h21-22,60,64-65H,2-20,23-59H2,1H3/b22-21+. The summed E-state index contributed by atoms with van der Waals surface area (Å²) in [4.78, 5) is 24.7. The van der Waals surface area contributed by atoms with Crippen LogP contribution in [0.3, 0.4) is 0 Å². The molecule has 6 nitrogen and oxygen atoms in total. The van der Waals surface area contributed by atoms with Gasteiger partial charge in [0.1, 0.15) is 13.2 Å². The molecule has 0 aromatic rings. The summed E-state index contributed by atoms with van der Waals surface area (Å²) in [7, 11) is 0. The molecule has 0 radical (unpaired) electrons. The molecule has 0 spiro atoms. The molecule has 1 fully saturated rings. The van der Waals surface area contributed by atoms with Gasteiger partial charge < -0.3 is 19.7 Å². The molecule has 6 heteroatoms. The van der Waals surface area contributed by atoms with Crippen LogP contribution in [-0.4, -0.2) is 48.6 Å². The van der Waals surface area contributed by atoms with Gasteiger partial charge in [0.05, 0.1) is 31.0 Å². The molecule has 1 aliphatic heterocycles. The van der Waals surface area contributed by atoms with Crippen molar-refractivity contribution in [2.45, 2.75) is 341 Å². The van der Waals surface area contributed by atoms with Crippen LogP contribution in [0.1, 0.15) is 341 Å². The van der Waals surface area contributed by atoms with E-state index in [1.807, 2.05) is 0 Å².